The predicted molar refractivity (Wildman–Crippen MR) is 81.5 cm³/mol. The third kappa shape index (κ3) is 2.29. The minimum atomic E-state index is -0.189. The van der Waals surface area contributed by atoms with Gasteiger partial charge in [0.05, 0.1) is 0 Å². The lowest BCUT2D eigenvalue weighted by molar-refractivity contribution is 0.0946. The third-order valence-electron chi connectivity index (χ3n) is 3.39. The van der Waals surface area contributed by atoms with E-state index < -0.39 is 0 Å². The highest BCUT2D eigenvalue weighted by atomic mass is 32.1. The molecule has 1 amide bonds. The number of fused-ring (bicyclic) bond motifs is 2. The van der Waals surface area contributed by atoms with Crippen molar-refractivity contribution in [2.45, 2.75) is 13.5 Å². The molecule has 7 heteroatoms. The highest BCUT2D eigenvalue weighted by Crippen LogP contribution is 2.32. The monoisotopic (exact) mass is 315 g/mol. The number of ether oxygens (including phenoxy) is 2. The zero-order valence-electron chi connectivity index (χ0n) is 11.8. The van der Waals surface area contributed by atoms with Crippen molar-refractivity contribution < 1.29 is 14.3 Å². The van der Waals surface area contributed by atoms with Gasteiger partial charge in [-0.3, -0.25) is 9.20 Å². The van der Waals surface area contributed by atoms with Crippen LogP contribution < -0.4 is 14.8 Å². The summed E-state index contributed by atoms with van der Waals surface area (Å²) < 4.78 is 12.5. The Morgan fingerprint density at radius 1 is 1.36 bits per heavy atom. The van der Waals surface area contributed by atoms with Gasteiger partial charge in [-0.1, -0.05) is 6.07 Å². The molecule has 3 heterocycles. The molecule has 6 nitrogen and oxygen atoms in total. The summed E-state index contributed by atoms with van der Waals surface area (Å²) in [7, 11) is 0. The molecule has 0 fully saturated rings. The Morgan fingerprint density at radius 2 is 2.23 bits per heavy atom. The maximum Gasteiger partial charge on any atom is 0.271 e. The summed E-state index contributed by atoms with van der Waals surface area (Å²) in [5.41, 5.74) is 1.38. The van der Waals surface area contributed by atoms with Gasteiger partial charge in [0.2, 0.25) is 6.79 Å². The molecule has 4 rings (SSSR count). The minimum Gasteiger partial charge on any atom is -0.454 e. The van der Waals surface area contributed by atoms with E-state index in [4.69, 9.17) is 9.47 Å². The Hall–Kier alpha value is -2.54. The first-order valence-electron chi connectivity index (χ1n) is 6.81. The van der Waals surface area contributed by atoms with Crippen LogP contribution in [0.5, 0.6) is 11.5 Å². The van der Waals surface area contributed by atoms with Gasteiger partial charge >= 0.3 is 0 Å². The number of amides is 1. The van der Waals surface area contributed by atoms with Crippen LogP contribution in [0.3, 0.4) is 0 Å². The number of carbonyl (C=O) groups is 1. The number of nitrogens with zero attached hydrogens (tertiary/aromatic N) is 2. The number of hydrogen-bond donors (Lipinski definition) is 1. The molecule has 0 aliphatic carbocycles. The standard InChI is InChI=1S/C15H13N3O3S/c1-9-6-18-7-11(17-15(18)22-9)14(19)16-5-10-2-3-12-13(4-10)21-8-20-12/h2-4,6-7H,5,8H2,1H3,(H,16,19). The summed E-state index contributed by atoms with van der Waals surface area (Å²) in [5.74, 6) is 1.26. The van der Waals surface area contributed by atoms with E-state index in [1.54, 1.807) is 17.5 Å². The first kappa shape index (κ1) is 13.1. The Morgan fingerprint density at radius 3 is 3.09 bits per heavy atom. The van der Waals surface area contributed by atoms with E-state index in [9.17, 15) is 4.79 Å². The lowest BCUT2D eigenvalue weighted by atomic mass is 10.2. The van der Waals surface area contributed by atoms with Crippen molar-refractivity contribution in [2.24, 2.45) is 0 Å². The lowest BCUT2D eigenvalue weighted by Crippen LogP contribution is -2.23. The number of aromatic nitrogens is 2. The Balaban J connectivity index is 1.46. The summed E-state index contributed by atoms with van der Waals surface area (Å²) >= 11 is 1.56. The number of nitrogens with one attached hydrogen (secondary N) is 1. The van der Waals surface area contributed by atoms with Gasteiger partial charge < -0.3 is 14.8 Å². The van der Waals surface area contributed by atoms with Crippen molar-refractivity contribution in [3.8, 4) is 11.5 Å². The average Bonchev–Trinajstić information content (AvgIpc) is 3.17. The number of benzene rings is 1. The van der Waals surface area contributed by atoms with Crippen molar-refractivity contribution in [3.63, 3.8) is 0 Å². The zero-order valence-corrected chi connectivity index (χ0v) is 12.6. The Kier molecular flexibility index (Phi) is 3.00. The molecule has 0 radical (unpaired) electrons. The molecule has 1 aliphatic heterocycles. The molecule has 0 atom stereocenters. The molecule has 1 N–H and O–H groups in total. The van der Waals surface area contributed by atoms with E-state index >= 15 is 0 Å². The fourth-order valence-corrected chi connectivity index (χ4v) is 3.15. The molecular formula is C15H13N3O3S. The summed E-state index contributed by atoms with van der Waals surface area (Å²) in [6.07, 6.45) is 3.70. The largest absolute Gasteiger partial charge is 0.454 e. The summed E-state index contributed by atoms with van der Waals surface area (Å²) in [6, 6.07) is 5.62. The summed E-state index contributed by atoms with van der Waals surface area (Å²) in [6.45, 7) is 2.67. The first-order valence-corrected chi connectivity index (χ1v) is 7.62. The molecule has 0 spiro atoms. The Labute approximate surface area is 130 Å². The Bertz CT molecular complexity index is 837. The second kappa shape index (κ2) is 5.03. The molecule has 1 aromatic carbocycles. The fraction of sp³-hybridized carbons (Fsp3) is 0.200. The van der Waals surface area contributed by atoms with Crippen LogP contribution in [-0.4, -0.2) is 22.1 Å². The zero-order chi connectivity index (χ0) is 15.1. The summed E-state index contributed by atoms with van der Waals surface area (Å²) in [4.78, 5) is 18.5. The van der Waals surface area contributed by atoms with E-state index in [0.29, 0.717) is 18.0 Å². The molecule has 2 aromatic heterocycles. The van der Waals surface area contributed by atoms with Crippen molar-refractivity contribution in [1.82, 2.24) is 14.7 Å². The van der Waals surface area contributed by atoms with Crippen LogP contribution in [0.4, 0.5) is 0 Å². The molecule has 0 unspecified atom stereocenters. The van der Waals surface area contributed by atoms with Gasteiger partial charge in [0.1, 0.15) is 5.69 Å². The predicted octanol–water partition coefficient (Wildman–Crippen LogP) is 2.36. The SMILES string of the molecule is Cc1cn2cc(C(=O)NCc3ccc4c(c3)OCO4)nc2s1. The molecule has 1 aliphatic rings. The van der Waals surface area contributed by atoms with Gasteiger partial charge in [-0.15, -0.1) is 11.3 Å². The second-order valence-electron chi connectivity index (χ2n) is 5.03. The van der Waals surface area contributed by atoms with Crippen LogP contribution in [0.15, 0.2) is 30.6 Å². The quantitative estimate of drug-likeness (QED) is 0.806. The number of carbonyl (C=O) groups excluding carboxylic acids is 1. The lowest BCUT2D eigenvalue weighted by Gasteiger charge is -2.04. The van der Waals surface area contributed by atoms with Crippen LogP contribution in [0.1, 0.15) is 20.9 Å². The van der Waals surface area contributed by atoms with Crippen molar-refractivity contribution in [1.29, 1.82) is 0 Å². The second-order valence-corrected chi connectivity index (χ2v) is 6.24. The smallest absolute Gasteiger partial charge is 0.271 e. The van der Waals surface area contributed by atoms with Gasteiger partial charge in [-0.05, 0) is 24.6 Å². The highest BCUT2D eigenvalue weighted by Gasteiger charge is 2.15. The van der Waals surface area contributed by atoms with Crippen molar-refractivity contribution >= 4 is 22.2 Å². The van der Waals surface area contributed by atoms with Gasteiger partial charge in [0.25, 0.3) is 5.91 Å². The van der Waals surface area contributed by atoms with Gasteiger partial charge in [0.15, 0.2) is 16.5 Å². The van der Waals surface area contributed by atoms with Gasteiger partial charge in [-0.25, -0.2) is 4.98 Å². The van der Waals surface area contributed by atoms with Crippen LogP contribution in [-0.2, 0) is 6.54 Å². The van der Waals surface area contributed by atoms with Crippen LogP contribution in [0.2, 0.25) is 0 Å². The molecule has 22 heavy (non-hydrogen) atoms. The number of thiazole rings is 1. The topological polar surface area (TPSA) is 64.9 Å². The molecule has 112 valence electrons. The summed E-state index contributed by atoms with van der Waals surface area (Å²) in [5, 5.41) is 2.87. The highest BCUT2D eigenvalue weighted by molar-refractivity contribution is 7.17. The first-order chi connectivity index (χ1) is 10.7. The average molecular weight is 315 g/mol. The number of hydrogen-bond acceptors (Lipinski definition) is 5. The van der Waals surface area contributed by atoms with E-state index in [2.05, 4.69) is 10.3 Å². The van der Waals surface area contributed by atoms with Crippen LogP contribution >= 0.6 is 11.3 Å². The fourth-order valence-electron chi connectivity index (χ4n) is 2.34. The molecule has 0 bridgehead atoms. The van der Waals surface area contributed by atoms with Crippen LogP contribution in [0, 0.1) is 6.92 Å². The maximum atomic E-state index is 12.2. The van der Waals surface area contributed by atoms with Gasteiger partial charge in [-0.2, -0.15) is 0 Å². The molecule has 0 saturated carbocycles. The van der Waals surface area contributed by atoms with Crippen LogP contribution in [0.25, 0.3) is 4.96 Å². The van der Waals surface area contributed by atoms with E-state index in [-0.39, 0.29) is 12.7 Å². The van der Waals surface area contributed by atoms with Crippen molar-refractivity contribution in [2.75, 3.05) is 6.79 Å². The van der Waals surface area contributed by atoms with E-state index in [0.717, 1.165) is 21.2 Å². The van der Waals surface area contributed by atoms with Crippen molar-refractivity contribution in [3.05, 3.63) is 46.7 Å². The number of rotatable bonds is 3. The van der Waals surface area contributed by atoms with E-state index in [1.807, 2.05) is 35.7 Å². The molecule has 3 aromatic rings. The molecular weight excluding hydrogens is 302 g/mol. The molecule has 0 saturated heterocycles. The maximum absolute atomic E-state index is 12.2. The minimum absolute atomic E-state index is 0.189. The third-order valence-corrected chi connectivity index (χ3v) is 4.31. The number of imidazole rings is 1. The number of aryl methyl sites for hydroxylation is 1. The van der Waals surface area contributed by atoms with E-state index in [1.165, 1.54) is 0 Å². The normalized spacial score (nSPS) is 12.8. The van der Waals surface area contributed by atoms with Gasteiger partial charge in [0, 0.05) is 23.8 Å².